The second-order valence-corrected chi connectivity index (χ2v) is 4.01. The summed E-state index contributed by atoms with van der Waals surface area (Å²) in [4.78, 5) is 10.8. The molecule has 0 aliphatic heterocycles. The number of ether oxygens (including phenoxy) is 1. The maximum Gasteiger partial charge on any atom is 0.221 e. The van der Waals surface area contributed by atoms with Gasteiger partial charge in [-0.1, -0.05) is 25.8 Å². The van der Waals surface area contributed by atoms with Gasteiger partial charge in [-0.05, 0) is 17.7 Å². The number of carbonyl (C=O) groups is 1. The minimum absolute atomic E-state index is 0.0860. The average molecular weight is 273 g/mol. The molecule has 0 saturated carbocycles. The number of aliphatic hydroxyl groups is 1. The van der Waals surface area contributed by atoms with E-state index in [0.717, 1.165) is 0 Å². The second-order valence-electron chi connectivity index (χ2n) is 4.01. The number of carbonyl (C=O) groups excluding carboxylic acids is 1. The van der Waals surface area contributed by atoms with E-state index in [2.05, 4.69) is 5.32 Å². The van der Waals surface area contributed by atoms with Crippen LogP contribution in [0.1, 0.15) is 28.9 Å². The number of rotatable bonds is 8. The van der Waals surface area contributed by atoms with Gasteiger partial charge in [0.05, 0.1) is 6.42 Å². The fraction of sp³-hybridized carbons (Fsp3) is 0.500. The summed E-state index contributed by atoms with van der Waals surface area (Å²) in [6.45, 7) is -6.94. The molecule has 106 valence electrons. The summed E-state index contributed by atoms with van der Waals surface area (Å²) >= 11 is 0. The molecular weight excluding hydrogens is 244 g/mol. The first-order valence-electron chi connectivity index (χ1n) is 9.19. The quantitative estimate of drug-likeness (QED) is 0.642. The Hall–Kier alpha value is -1.59. The number of amides is 1. The maximum atomic E-state index is 10.8. The van der Waals surface area contributed by atoms with E-state index < -0.39 is 38.3 Å². The average Bonchev–Trinajstić information content (AvgIpc) is 2.49. The van der Waals surface area contributed by atoms with Crippen molar-refractivity contribution >= 4 is 5.91 Å². The zero-order valence-electron chi connectivity index (χ0n) is 17.3. The van der Waals surface area contributed by atoms with Gasteiger partial charge >= 0.3 is 0 Å². The van der Waals surface area contributed by atoms with E-state index in [9.17, 15) is 9.90 Å². The molecule has 0 fully saturated rings. The van der Waals surface area contributed by atoms with E-state index in [0.29, 0.717) is 11.3 Å². The van der Waals surface area contributed by atoms with Gasteiger partial charge in [0.2, 0.25) is 5.91 Å². The molecule has 0 saturated heterocycles. The number of nitrogens with one attached hydrogen (secondary N) is 1. The van der Waals surface area contributed by atoms with Gasteiger partial charge in [-0.25, -0.2) is 0 Å². The van der Waals surface area contributed by atoms with Crippen LogP contribution >= 0.6 is 0 Å². The number of nitrogens with two attached hydrogens (primary N) is 1. The zero-order chi connectivity index (χ0) is 20.2. The largest absolute Gasteiger partial charge is 0.491 e. The van der Waals surface area contributed by atoms with Crippen LogP contribution in [0.4, 0.5) is 0 Å². The van der Waals surface area contributed by atoms with Crippen molar-refractivity contribution in [2.24, 2.45) is 5.73 Å². The summed E-state index contributed by atoms with van der Waals surface area (Å²) in [5.74, 6) is -0.0800. The van der Waals surface area contributed by atoms with Gasteiger partial charge in [-0.15, -0.1) is 0 Å². The molecule has 0 aliphatic rings. The van der Waals surface area contributed by atoms with Crippen LogP contribution in [0.2, 0.25) is 0 Å². The lowest BCUT2D eigenvalue weighted by atomic mass is 10.1. The fourth-order valence-electron chi connectivity index (χ4n) is 1.38. The monoisotopic (exact) mass is 273 g/mol. The van der Waals surface area contributed by atoms with Crippen LogP contribution < -0.4 is 15.8 Å². The first-order valence-corrected chi connectivity index (χ1v) is 5.69. The third-order valence-corrected chi connectivity index (χ3v) is 2.26. The molecule has 0 radical (unpaired) electrons. The minimum Gasteiger partial charge on any atom is -0.491 e. The van der Waals surface area contributed by atoms with E-state index in [4.69, 9.17) is 20.1 Å². The van der Waals surface area contributed by atoms with Crippen LogP contribution in [-0.2, 0) is 11.2 Å². The molecule has 1 amide bonds. The van der Waals surface area contributed by atoms with E-state index in [-0.39, 0.29) is 13.0 Å². The van der Waals surface area contributed by atoms with Crippen LogP contribution in [0.15, 0.2) is 24.3 Å². The minimum atomic E-state index is -3.12. The van der Waals surface area contributed by atoms with E-state index in [1.54, 1.807) is 24.3 Å². The van der Waals surface area contributed by atoms with Crippen molar-refractivity contribution < 1.29 is 24.2 Å². The first-order chi connectivity index (χ1) is 11.8. The van der Waals surface area contributed by atoms with E-state index in [1.807, 2.05) is 0 Å². The smallest absolute Gasteiger partial charge is 0.221 e. The molecule has 1 atom stereocenters. The normalized spacial score (nSPS) is 19.7. The Balaban J connectivity index is 2.58. The summed E-state index contributed by atoms with van der Waals surface area (Å²) in [5.41, 5.74) is 5.78. The second kappa shape index (κ2) is 7.76. The molecule has 1 rings (SSSR count). The third kappa shape index (κ3) is 6.79. The summed E-state index contributed by atoms with van der Waals surface area (Å²) < 4.78 is 56.7. The predicted octanol–water partition coefficient (Wildman–Crippen LogP) is 0.452. The van der Waals surface area contributed by atoms with Crippen LogP contribution in [0, 0.1) is 0 Å². The summed E-state index contributed by atoms with van der Waals surface area (Å²) in [7, 11) is 0. The summed E-state index contributed by atoms with van der Waals surface area (Å²) in [6, 6.07) is 3.49. The molecule has 0 aromatic heterocycles. The fourth-order valence-corrected chi connectivity index (χ4v) is 1.38. The number of hydrogen-bond acceptors (Lipinski definition) is 4. The van der Waals surface area contributed by atoms with Crippen LogP contribution in [-0.4, -0.2) is 36.3 Å². The lowest BCUT2D eigenvalue weighted by Crippen LogP contribution is -2.35. The Morgan fingerprint density at radius 1 is 1.53 bits per heavy atom. The molecule has 0 aliphatic carbocycles. The van der Waals surface area contributed by atoms with Gasteiger partial charge in [0.1, 0.15) is 18.5 Å². The van der Waals surface area contributed by atoms with Crippen LogP contribution in [0.25, 0.3) is 0 Å². The van der Waals surface area contributed by atoms with Crippen molar-refractivity contribution in [1.82, 2.24) is 5.32 Å². The highest BCUT2D eigenvalue weighted by atomic mass is 16.5. The molecule has 5 nitrogen and oxygen atoms in total. The SMILES string of the molecule is [2H]C([2H])([2H])C([2H])(NC[C@H](O)COc1ccc(CC(N)=O)cc1)C([2H])([2H])[2H]. The lowest BCUT2D eigenvalue weighted by molar-refractivity contribution is -0.117. The molecule has 1 aromatic rings. The number of primary amides is 1. The molecular formula is C14H22N2O3. The van der Waals surface area contributed by atoms with Gasteiger partial charge in [-0.3, -0.25) is 4.79 Å². The van der Waals surface area contributed by atoms with Gasteiger partial charge in [0.15, 0.2) is 0 Å². The van der Waals surface area contributed by atoms with Crippen molar-refractivity contribution in [3.05, 3.63) is 29.8 Å². The third-order valence-electron chi connectivity index (χ3n) is 2.26. The highest BCUT2D eigenvalue weighted by Gasteiger charge is 2.06. The topological polar surface area (TPSA) is 84.6 Å². The Bertz CT molecular complexity index is 588. The van der Waals surface area contributed by atoms with Gasteiger partial charge in [-0.2, -0.15) is 0 Å². The van der Waals surface area contributed by atoms with Crippen molar-refractivity contribution in [1.29, 1.82) is 0 Å². The standard InChI is InChI=1S/C14H22N2O3/c1-10(2)16-8-12(17)9-19-13-5-3-11(4-6-13)7-14(15)18/h3-6,10,12,16-17H,7-9H2,1-2H3,(H2,15,18)/t12-/m0/s1/i1D3,2D3,10D. The molecule has 5 heteroatoms. The molecule has 0 unspecified atom stereocenters. The Morgan fingerprint density at radius 3 is 2.79 bits per heavy atom. The van der Waals surface area contributed by atoms with Crippen molar-refractivity contribution in [2.45, 2.75) is 32.2 Å². The van der Waals surface area contributed by atoms with Crippen molar-refractivity contribution in [3.8, 4) is 5.75 Å². The number of hydrogen-bond donors (Lipinski definition) is 3. The molecule has 0 spiro atoms. The zero-order valence-corrected chi connectivity index (χ0v) is 10.3. The van der Waals surface area contributed by atoms with E-state index in [1.165, 1.54) is 0 Å². The number of aliphatic hydroxyl groups excluding tert-OH is 1. The molecule has 0 heterocycles. The Morgan fingerprint density at radius 2 is 2.21 bits per heavy atom. The Labute approximate surface area is 123 Å². The number of benzene rings is 1. The lowest BCUT2D eigenvalue weighted by Gasteiger charge is -2.15. The van der Waals surface area contributed by atoms with Gasteiger partial charge in [0, 0.05) is 22.2 Å². The highest BCUT2D eigenvalue weighted by molar-refractivity contribution is 5.76. The van der Waals surface area contributed by atoms with Gasteiger partial charge < -0.3 is 20.9 Å². The summed E-state index contributed by atoms with van der Waals surface area (Å²) in [5, 5.41) is 12.0. The first kappa shape index (κ1) is 7.87. The molecule has 4 N–H and O–H groups in total. The highest BCUT2D eigenvalue weighted by Crippen LogP contribution is 2.12. The maximum absolute atomic E-state index is 10.8. The van der Waals surface area contributed by atoms with Crippen molar-refractivity contribution in [3.63, 3.8) is 0 Å². The predicted molar refractivity (Wildman–Crippen MR) is 74.0 cm³/mol. The van der Waals surface area contributed by atoms with Gasteiger partial charge in [0.25, 0.3) is 0 Å². The Kier molecular flexibility index (Phi) is 3.21. The van der Waals surface area contributed by atoms with Crippen LogP contribution in [0.5, 0.6) is 5.75 Å². The molecule has 1 aromatic carbocycles. The summed E-state index contributed by atoms with van der Waals surface area (Å²) in [6.07, 6.45) is -1.16. The van der Waals surface area contributed by atoms with Crippen LogP contribution in [0.3, 0.4) is 0 Å². The van der Waals surface area contributed by atoms with Crippen molar-refractivity contribution in [2.75, 3.05) is 13.2 Å². The molecule has 0 bridgehead atoms. The molecule has 19 heavy (non-hydrogen) atoms. The van der Waals surface area contributed by atoms with E-state index >= 15 is 0 Å².